The predicted octanol–water partition coefficient (Wildman–Crippen LogP) is 3.43. The van der Waals surface area contributed by atoms with E-state index in [1.54, 1.807) is 0 Å². The molecule has 1 aromatic rings. The van der Waals surface area contributed by atoms with Crippen LogP contribution in [0.15, 0.2) is 59.3 Å². The summed E-state index contributed by atoms with van der Waals surface area (Å²) < 4.78 is 0. The lowest BCUT2D eigenvalue weighted by molar-refractivity contribution is 0.378. The van der Waals surface area contributed by atoms with Crippen LogP contribution in [0.1, 0.15) is 24.0 Å². The molecule has 1 spiro atoms. The van der Waals surface area contributed by atoms with E-state index in [2.05, 4.69) is 60.0 Å². The van der Waals surface area contributed by atoms with Crippen molar-refractivity contribution >= 4 is 11.8 Å². The Morgan fingerprint density at radius 1 is 1.19 bits per heavy atom. The number of hydrogen-bond acceptors (Lipinski definition) is 2. The maximum absolute atomic E-state index is 5.08. The van der Waals surface area contributed by atoms with Crippen LogP contribution in [0.25, 0.3) is 6.08 Å². The lowest BCUT2D eigenvalue weighted by atomic mass is 9.72. The third-order valence-corrected chi connectivity index (χ3v) is 5.42. The Labute approximate surface area is 125 Å². The van der Waals surface area contributed by atoms with Gasteiger partial charge in [0.05, 0.1) is 5.71 Å². The molecule has 2 aliphatic heterocycles. The largest absolute Gasteiger partial charge is 0.299 e. The Balaban J connectivity index is 1.69. The average molecular weight is 274 g/mol. The van der Waals surface area contributed by atoms with Crippen molar-refractivity contribution in [3.63, 3.8) is 0 Å². The highest BCUT2D eigenvalue weighted by molar-refractivity contribution is 6.04. The summed E-state index contributed by atoms with van der Waals surface area (Å²) in [5, 5.41) is 3.77. The molecular weight excluding hydrogens is 256 g/mol. The Morgan fingerprint density at radius 3 is 3.14 bits per heavy atom. The first-order valence-electron chi connectivity index (χ1n) is 7.88. The monoisotopic (exact) mass is 274 g/mol. The van der Waals surface area contributed by atoms with Crippen molar-refractivity contribution in [1.29, 1.82) is 0 Å². The second-order valence-electron chi connectivity index (χ2n) is 6.41. The molecule has 2 heterocycles. The van der Waals surface area contributed by atoms with Crippen LogP contribution in [0, 0.1) is 11.8 Å². The Bertz CT molecular complexity index is 738. The zero-order chi connectivity index (χ0) is 13.9. The minimum absolute atomic E-state index is 0.155. The second-order valence-corrected chi connectivity index (χ2v) is 6.41. The molecule has 0 radical (unpaired) electrons. The van der Waals surface area contributed by atoms with Crippen molar-refractivity contribution in [3.8, 4) is 0 Å². The third kappa shape index (κ3) is 1.43. The highest BCUT2D eigenvalue weighted by atomic mass is 15.1. The molecule has 1 saturated heterocycles. The van der Waals surface area contributed by atoms with Gasteiger partial charge in [-0.3, -0.25) is 10.3 Å². The first-order valence-corrected chi connectivity index (χ1v) is 7.88. The topological polar surface area (TPSA) is 24.4 Å². The highest BCUT2D eigenvalue weighted by Crippen LogP contribution is 2.48. The smallest absolute Gasteiger partial charge is 0.102 e. The summed E-state index contributed by atoms with van der Waals surface area (Å²) in [6, 6.07) is 8.71. The fraction of sp³-hybridized carbons (Fsp3) is 0.316. The van der Waals surface area contributed by atoms with Gasteiger partial charge < -0.3 is 0 Å². The molecule has 104 valence electrons. The molecule has 5 rings (SSSR count). The number of nitrogens with one attached hydrogen (secondary N) is 1. The SMILES string of the molecule is C1=CCC2C(=C1)N=C1C2CCNC12C=Cc1ccccc12. The summed E-state index contributed by atoms with van der Waals surface area (Å²) in [5.41, 5.74) is 5.18. The zero-order valence-corrected chi connectivity index (χ0v) is 11.9. The molecule has 2 nitrogen and oxygen atoms in total. The summed E-state index contributed by atoms with van der Waals surface area (Å²) in [6.45, 7) is 1.07. The van der Waals surface area contributed by atoms with Gasteiger partial charge in [-0.15, -0.1) is 0 Å². The Kier molecular flexibility index (Phi) is 2.25. The molecule has 21 heavy (non-hydrogen) atoms. The number of aliphatic imine (C=N–C) groups is 1. The zero-order valence-electron chi connectivity index (χ0n) is 11.9. The molecule has 0 saturated carbocycles. The van der Waals surface area contributed by atoms with Crippen LogP contribution in [-0.4, -0.2) is 12.3 Å². The summed E-state index contributed by atoms with van der Waals surface area (Å²) >= 11 is 0. The predicted molar refractivity (Wildman–Crippen MR) is 86.0 cm³/mol. The van der Waals surface area contributed by atoms with E-state index in [1.165, 1.54) is 29.0 Å². The third-order valence-electron chi connectivity index (χ3n) is 5.42. The van der Waals surface area contributed by atoms with Gasteiger partial charge >= 0.3 is 0 Å². The number of hydrogen-bond donors (Lipinski definition) is 1. The number of piperidine rings is 1. The van der Waals surface area contributed by atoms with E-state index in [9.17, 15) is 0 Å². The van der Waals surface area contributed by atoms with E-state index in [0.29, 0.717) is 11.8 Å². The van der Waals surface area contributed by atoms with Crippen molar-refractivity contribution < 1.29 is 0 Å². The van der Waals surface area contributed by atoms with E-state index >= 15 is 0 Å². The van der Waals surface area contributed by atoms with Gasteiger partial charge in [0, 0.05) is 17.5 Å². The van der Waals surface area contributed by atoms with E-state index in [-0.39, 0.29) is 5.54 Å². The molecule has 1 fully saturated rings. The van der Waals surface area contributed by atoms with Crippen molar-refractivity contribution in [2.45, 2.75) is 18.4 Å². The number of allylic oxidation sites excluding steroid dienone is 4. The van der Waals surface area contributed by atoms with Crippen LogP contribution in [0.5, 0.6) is 0 Å². The van der Waals surface area contributed by atoms with Gasteiger partial charge in [-0.25, -0.2) is 0 Å². The van der Waals surface area contributed by atoms with Crippen LogP contribution < -0.4 is 5.32 Å². The molecule has 0 aromatic heterocycles. The summed E-state index contributed by atoms with van der Waals surface area (Å²) in [4.78, 5) is 5.08. The Morgan fingerprint density at radius 2 is 2.14 bits per heavy atom. The van der Waals surface area contributed by atoms with Gasteiger partial charge in [0.25, 0.3) is 0 Å². The van der Waals surface area contributed by atoms with Gasteiger partial charge in [-0.05, 0) is 36.6 Å². The van der Waals surface area contributed by atoms with E-state index in [4.69, 9.17) is 4.99 Å². The van der Waals surface area contributed by atoms with Gasteiger partial charge in [-0.2, -0.15) is 0 Å². The standard InChI is InChI=1S/C19H18N2/c1-3-7-16-13(5-1)9-11-19(16)18-15(10-12-20-19)14-6-2-4-8-17(14)21-18/h1-5,7-9,11,14-15,20H,6,10,12H2. The molecule has 0 bridgehead atoms. The fourth-order valence-corrected chi connectivity index (χ4v) is 4.46. The summed E-state index contributed by atoms with van der Waals surface area (Å²) in [7, 11) is 0. The fourth-order valence-electron chi connectivity index (χ4n) is 4.46. The summed E-state index contributed by atoms with van der Waals surface area (Å²) in [5.74, 6) is 1.20. The number of nitrogens with zero attached hydrogens (tertiary/aromatic N) is 1. The van der Waals surface area contributed by atoms with Gasteiger partial charge in [0.2, 0.25) is 0 Å². The van der Waals surface area contributed by atoms with Crippen LogP contribution in [-0.2, 0) is 5.54 Å². The minimum atomic E-state index is -0.155. The first-order chi connectivity index (χ1) is 10.4. The van der Waals surface area contributed by atoms with E-state index < -0.39 is 0 Å². The van der Waals surface area contributed by atoms with Crippen molar-refractivity contribution in [2.24, 2.45) is 16.8 Å². The van der Waals surface area contributed by atoms with Crippen molar-refractivity contribution in [3.05, 3.63) is 65.4 Å². The normalized spacial score (nSPS) is 35.2. The molecule has 4 aliphatic rings. The number of rotatable bonds is 0. The molecule has 3 unspecified atom stereocenters. The Hall–Kier alpha value is -1.93. The van der Waals surface area contributed by atoms with Crippen LogP contribution in [0.3, 0.4) is 0 Å². The molecule has 1 N–H and O–H groups in total. The molecule has 1 aromatic carbocycles. The molecule has 3 atom stereocenters. The van der Waals surface area contributed by atoms with Gasteiger partial charge in [0.15, 0.2) is 0 Å². The average Bonchev–Trinajstić information content (AvgIpc) is 3.09. The first kappa shape index (κ1) is 11.7. The van der Waals surface area contributed by atoms with E-state index in [0.717, 1.165) is 13.0 Å². The van der Waals surface area contributed by atoms with Crippen LogP contribution in [0.2, 0.25) is 0 Å². The van der Waals surface area contributed by atoms with Crippen LogP contribution in [0.4, 0.5) is 0 Å². The van der Waals surface area contributed by atoms with Crippen LogP contribution >= 0.6 is 0 Å². The van der Waals surface area contributed by atoms with Crippen molar-refractivity contribution in [1.82, 2.24) is 5.32 Å². The molecule has 2 heteroatoms. The van der Waals surface area contributed by atoms with Gasteiger partial charge in [0.1, 0.15) is 5.54 Å². The maximum Gasteiger partial charge on any atom is 0.102 e. The van der Waals surface area contributed by atoms with E-state index in [1.807, 2.05) is 0 Å². The maximum atomic E-state index is 5.08. The molecule has 0 amide bonds. The van der Waals surface area contributed by atoms with Gasteiger partial charge in [-0.1, -0.05) is 48.6 Å². The lowest BCUT2D eigenvalue weighted by Crippen LogP contribution is -2.54. The quantitative estimate of drug-likeness (QED) is 0.770. The molecule has 2 aliphatic carbocycles. The minimum Gasteiger partial charge on any atom is -0.299 e. The second kappa shape index (κ2) is 4.05. The number of benzene rings is 1. The number of fused-ring (bicyclic) bond motifs is 6. The highest BCUT2D eigenvalue weighted by Gasteiger charge is 2.50. The van der Waals surface area contributed by atoms with Crippen molar-refractivity contribution in [2.75, 3.05) is 6.54 Å². The summed E-state index contributed by atoms with van der Waals surface area (Å²) in [6.07, 6.45) is 13.6. The molecular formula is C19H18N2. The lowest BCUT2D eigenvalue weighted by Gasteiger charge is -2.40.